The van der Waals surface area contributed by atoms with Crippen molar-refractivity contribution in [3.05, 3.63) is 35.9 Å². The Kier molecular flexibility index (Phi) is 2.72. The summed E-state index contributed by atoms with van der Waals surface area (Å²) in [4.78, 5) is 14.0. The van der Waals surface area contributed by atoms with Crippen LogP contribution in [0.1, 0.15) is 26.3 Å². The largest absolute Gasteiger partial charge is 0.322 e. The maximum Gasteiger partial charge on any atom is 0.243 e. The average Bonchev–Trinajstić information content (AvgIpc) is 2.42. The van der Waals surface area contributed by atoms with E-state index in [1.165, 1.54) is 5.56 Å². The van der Waals surface area contributed by atoms with Gasteiger partial charge in [0.2, 0.25) is 5.91 Å². The van der Waals surface area contributed by atoms with Crippen LogP contribution in [0.4, 0.5) is 0 Å². The normalized spacial score (nSPS) is 23.8. The van der Waals surface area contributed by atoms with Crippen LogP contribution in [0.2, 0.25) is 0 Å². The fraction of sp³-hybridized carbons (Fsp3) is 0.462. The standard InChI is InChI=1S/C13H18N2O/c1-10-14-13(2,3)12(16)15(10)9-11-7-5-4-6-8-11/h4-8,10,14H,9H2,1-3H3. The van der Waals surface area contributed by atoms with Gasteiger partial charge in [0, 0.05) is 6.54 Å². The summed E-state index contributed by atoms with van der Waals surface area (Å²) in [5, 5.41) is 3.29. The number of nitrogens with zero attached hydrogens (tertiary/aromatic N) is 1. The zero-order valence-corrected chi connectivity index (χ0v) is 10.0. The molecule has 0 aliphatic carbocycles. The highest BCUT2D eigenvalue weighted by molar-refractivity contribution is 5.87. The van der Waals surface area contributed by atoms with Crippen LogP contribution in [0.25, 0.3) is 0 Å². The van der Waals surface area contributed by atoms with Crippen LogP contribution in [0.5, 0.6) is 0 Å². The SMILES string of the molecule is CC1NC(C)(C)C(=O)N1Cc1ccccc1. The molecule has 3 heteroatoms. The van der Waals surface area contributed by atoms with Gasteiger partial charge in [-0.25, -0.2) is 0 Å². The Morgan fingerprint density at radius 2 is 1.94 bits per heavy atom. The number of nitrogens with one attached hydrogen (secondary N) is 1. The van der Waals surface area contributed by atoms with Gasteiger partial charge in [-0.2, -0.15) is 0 Å². The highest BCUT2D eigenvalue weighted by Crippen LogP contribution is 2.21. The van der Waals surface area contributed by atoms with Crippen molar-refractivity contribution in [1.82, 2.24) is 10.2 Å². The van der Waals surface area contributed by atoms with Crippen LogP contribution in [0, 0.1) is 0 Å². The van der Waals surface area contributed by atoms with Crippen LogP contribution in [-0.4, -0.2) is 22.5 Å². The van der Waals surface area contributed by atoms with Gasteiger partial charge in [0.1, 0.15) is 0 Å². The lowest BCUT2D eigenvalue weighted by Gasteiger charge is -2.21. The minimum atomic E-state index is -0.436. The molecule has 86 valence electrons. The zero-order chi connectivity index (χ0) is 11.8. The van der Waals surface area contributed by atoms with Crippen LogP contribution < -0.4 is 5.32 Å². The fourth-order valence-corrected chi connectivity index (χ4v) is 2.19. The minimum absolute atomic E-state index is 0.0997. The Bertz CT molecular complexity index is 386. The quantitative estimate of drug-likeness (QED) is 0.820. The van der Waals surface area contributed by atoms with Crippen molar-refractivity contribution >= 4 is 5.91 Å². The van der Waals surface area contributed by atoms with Crippen LogP contribution in [0.15, 0.2) is 30.3 Å². The van der Waals surface area contributed by atoms with Crippen LogP contribution in [0.3, 0.4) is 0 Å². The molecule has 1 amide bonds. The Morgan fingerprint density at radius 3 is 2.44 bits per heavy atom. The average molecular weight is 218 g/mol. The molecule has 0 spiro atoms. The summed E-state index contributed by atoms with van der Waals surface area (Å²) in [6.45, 7) is 6.56. The molecule has 3 nitrogen and oxygen atoms in total. The molecule has 0 saturated carbocycles. The molecule has 1 aromatic rings. The van der Waals surface area contributed by atoms with E-state index in [9.17, 15) is 4.79 Å². The first-order chi connectivity index (χ1) is 7.50. The topological polar surface area (TPSA) is 32.3 Å². The Morgan fingerprint density at radius 1 is 1.31 bits per heavy atom. The Labute approximate surface area is 96.5 Å². The van der Waals surface area contributed by atoms with Gasteiger partial charge in [0.25, 0.3) is 0 Å². The second kappa shape index (κ2) is 3.91. The number of rotatable bonds is 2. The Balaban J connectivity index is 2.14. The smallest absolute Gasteiger partial charge is 0.243 e. The number of benzene rings is 1. The van der Waals surface area contributed by atoms with Crippen molar-refractivity contribution in [1.29, 1.82) is 0 Å². The first-order valence-corrected chi connectivity index (χ1v) is 5.63. The summed E-state index contributed by atoms with van der Waals surface area (Å²) in [6, 6.07) is 10.1. The van der Waals surface area contributed by atoms with E-state index in [2.05, 4.69) is 5.32 Å². The minimum Gasteiger partial charge on any atom is -0.322 e. The van der Waals surface area contributed by atoms with Crippen molar-refractivity contribution in [3.8, 4) is 0 Å². The lowest BCUT2D eigenvalue weighted by molar-refractivity contribution is -0.132. The van der Waals surface area contributed by atoms with E-state index >= 15 is 0 Å². The van der Waals surface area contributed by atoms with Gasteiger partial charge in [0.05, 0.1) is 11.7 Å². The molecule has 0 aromatic heterocycles. The monoisotopic (exact) mass is 218 g/mol. The van der Waals surface area contributed by atoms with Crippen molar-refractivity contribution in [3.63, 3.8) is 0 Å². The summed E-state index contributed by atoms with van der Waals surface area (Å²) < 4.78 is 0. The molecule has 16 heavy (non-hydrogen) atoms. The second-order valence-electron chi connectivity index (χ2n) is 4.86. The summed E-state index contributed by atoms with van der Waals surface area (Å²) in [6.07, 6.45) is 0.0997. The molecule has 1 N–H and O–H groups in total. The summed E-state index contributed by atoms with van der Waals surface area (Å²) in [7, 11) is 0. The van der Waals surface area contributed by atoms with Crippen LogP contribution in [-0.2, 0) is 11.3 Å². The molecule has 1 heterocycles. The van der Waals surface area contributed by atoms with Crippen molar-refractivity contribution in [2.24, 2.45) is 0 Å². The molecule has 1 unspecified atom stereocenters. The molecule has 1 aliphatic rings. The maximum absolute atomic E-state index is 12.1. The molecule has 2 rings (SSSR count). The van der Waals surface area contributed by atoms with E-state index in [0.717, 1.165) is 0 Å². The molecular weight excluding hydrogens is 200 g/mol. The van der Waals surface area contributed by atoms with Gasteiger partial charge in [-0.15, -0.1) is 0 Å². The van der Waals surface area contributed by atoms with Gasteiger partial charge in [-0.05, 0) is 26.3 Å². The predicted molar refractivity (Wildman–Crippen MR) is 63.7 cm³/mol. The van der Waals surface area contributed by atoms with Gasteiger partial charge in [-0.3, -0.25) is 10.1 Å². The third-order valence-corrected chi connectivity index (χ3v) is 3.03. The molecule has 1 aromatic carbocycles. The number of carbonyl (C=O) groups is 1. The molecular formula is C13H18N2O. The highest BCUT2D eigenvalue weighted by Gasteiger charge is 2.42. The zero-order valence-electron chi connectivity index (χ0n) is 10.0. The first kappa shape index (κ1) is 11.1. The molecule has 0 radical (unpaired) electrons. The third-order valence-electron chi connectivity index (χ3n) is 3.03. The molecule has 1 fully saturated rings. The van der Waals surface area contributed by atoms with Crippen molar-refractivity contribution in [2.45, 2.75) is 39.0 Å². The van der Waals surface area contributed by atoms with E-state index in [1.54, 1.807) is 0 Å². The molecule has 0 bridgehead atoms. The van der Waals surface area contributed by atoms with Crippen molar-refractivity contribution < 1.29 is 4.79 Å². The number of carbonyl (C=O) groups excluding carboxylic acids is 1. The summed E-state index contributed by atoms with van der Waals surface area (Å²) >= 11 is 0. The molecule has 1 saturated heterocycles. The highest BCUT2D eigenvalue weighted by atomic mass is 16.2. The van der Waals surface area contributed by atoms with E-state index in [0.29, 0.717) is 6.54 Å². The van der Waals surface area contributed by atoms with Gasteiger partial charge in [-0.1, -0.05) is 30.3 Å². The second-order valence-corrected chi connectivity index (χ2v) is 4.86. The summed E-state index contributed by atoms with van der Waals surface area (Å²) in [5.41, 5.74) is 0.732. The van der Waals surface area contributed by atoms with Crippen LogP contribution >= 0.6 is 0 Å². The van der Waals surface area contributed by atoms with E-state index < -0.39 is 5.54 Å². The lowest BCUT2D eigenvalue weighted by Crippen LogP contribution is -2.40. The maximum atomic E-state index is 12.1. The van der Waals surface area contributed by atoms with Gasteiger partial charge in [0.15, 0.2) is 0 Å². The Hall–Kier alpha value is -1.35. The van der Waals surface area contributed by atoms with Gasteiger partial charge < -0.3 is 4.90 Å². The number of hydrogen-bond acceptors (Lipinski definition) is 2. The lowest BCUT2D eigenvalue weighted by atomic mass is 10.1. The first-order valence-electron chi connectivity index (χ1n) is 5.63. The van der Waals surface area contributed by atoms with Gasteiger partial charge >= 0.3 is 0 Å². The number of amides is 1. The van der Waals surface area contributed by atoms with E-state index in [-0.39, 0.29) is 12.1 Å². The third kappa shape index (κ3) is 1.95. The molecule has 1 aliphatic heterocycles. The van der Waals surface area contributed by atoms with Crippen molar-refractivity contribution in [2.75, 3.05) is 0 Å². The number of hydrogen-bond donors (Lipinski definition) is 1. The van der Waals surface area contributed by atoms with E-state index in [1.807, 2.05) is 56.0 Å². The predicted octanol–water partition coefficient (Wildman–Crippen LogP) is 1.74. The molecule has 1 atom stereocenters. The summed E-state index contributed by atoms with van der Waals surface area (Å²) in [5.74, 6) is 0.170. The fourth-order valence-electron chi connectivity index (χ4n) is 2.19. The van der Waals surface area contributed by atoms with E-state index in [4.69, 9.17) is 0 Å².